The summed E-state index contributed by atoms with van der Waals surface area (Å²) in [5.74, 6) is 1.08. The lowest BCUT2D eigenvalue weighted by atomic mass is 10.2. The van der Waals surface area contributed by atoms with E-state index in [2.05, 4.69) is 28.2 Å². The molecule has 2 aromatic rings. The molecule has 0 heterocycles. The van der Waals surface area contributed by atoms with E-state index in [0.717, 1.165) is 35.1 Å². The summed E-state index contributed by atoms with van der Waals surface area (Å²) in [4.78, 5) is 0. The van der Waals surface area contributed by atoms with Crippen molar-refractivity contribution < 1.29 is 13.9 Å². The Bertz CT molecular complexity index is 653. The van der Waals surface area contributed by atoms with Crippen molar-refractivity contribution in [1.29, 1.82) is 0 Å². The van der Waals surface area contributed by atoms with Crippen LogP contribution in [0.2, 0.25) is 0 Å². The van der Waals surface area contributed by atoms with Gasteiger partial charge in [0.05, 0.1) is 11.6 Å². The molecule has 138 valence electrons. The summed E-state index contributed by atoms with van der Waals surface area (Å²) in [6.07, 6.45) is 2.34. The zero-order chi connectivity index (χ0) is 17.4. The first-order chi connectivity index (χ1) is 11.6. The van der Waals surface area contributed by atoms with Gasteiger partial charge in [-0.3, -0.25) is 0 Å². The maximum atomic E-state index is 13.0. The molecule has 1 N–H and O–H groups in total. The van der Waals surface area contributed by atoms with Crippen molar-refractivity contribution >= 4 is 28.3 Å². The molecule has 0 aliphatic heterocycles. The molecule has 0 fully saturated rings. The molecule has 3 nitrogen and oxygen atoms in total. The van der Waals surface area contributed by atoms with E-state index in [1.165, 1.54) is 18.6 Å². The van der Waals surface area contributed by atoms with Crippen molar-refractivity contribution in [2.45, 2.75) is 32.9 Å². The first kappa shape index (κ1) is 21.7. The van der Waals surface area contributed by atoms with Gasteiger partial charge in [-0.05, 0) is 64.3 Å². The van der Waals surface area contributed by atoms with Crippen molar-refractivity contribution in [3.05, 3.63) is 57.8 Å². The first-order valence-electron chi connectivity index (χ1n) is 8.08. The van der Waals surface area contributed by atoms with E-state index in [1.807, 2.05) is 12.1 Å². The van der Waals surface area contributed by atoms with Crippen LogP contribution in [0.5, 0.6) is 11.5 Å². The zero-order valence-electron chi connectivity index (χ0n) is 14.5. The van der Waals surface area contributed by atoms with E-state index in [-0.39, 0.29) is 18.2 Å². The van der Waals surface area contributed by atoms with Gasteiger partial charge >= 0.3 is 0 Å². The summed E-state index contributed by atoms with van der Waals surface area (Å²) in [5.41, 5.74) is 2.03. The largest absolute Gasteiger partial charge is 0.493 e. The van der Waals surface area contributed by atoms with Gasteiger partial charge in [-0.15, -0.1) is 12.4 Å². The normalized spacial score (nSPS) is 10.2. The molecule has 0 unspecified atom stereocenters. The second-order valence-corrected chi connectivity index (χ2v) is 6.41. The van der Waals surface area contributed by atoms with Crippen LogP contribution in [-0.4, -0.2) is 13.7 Å². The molecule has 25 heavy (non-hydrogen) atoms. The highest BCUT2D eigenvalue weighted by Gasteiger charge is 2.12. The minimum atomic E-state index is -0.252. The smallest absolute Gasteiger partial charge is 0.175 e. The standard InChI is InChI=1S/C19H23BrFNO2.ClH/c1-3-4-9-22-12-15-10-17(20)19(18(11-15)23-2)24-13-14-5-7-16(21)8-6-14;/h5-8,10-11,22H,3-4,9,12-13H2,1-2H3;1H. The third kappa shape index (κ3) is 6.84. The fraction of sp³-hybridized carbons (Fsp3) is 0.368. The average Bonchev–Trinajstić information content (AvgIpc) is 2.59. The lowest BCUT2D eigenvalue weighted by Gasteiger charge is -2.15. The summed E-state index contributed by atoms with van der Waals surface area (Å²) in [5, 5.41) is 3.41. The van der Waals surface area contributed by atoms with Crippen molar-refractivity contribution in [2.24, 2.45) is 0 Å². The minimum Gasteiger partial charge on any atom is -0.493 e. The van der Waals surface area contributed by atoms with E-state index < -0.39 is 0 Å². The molecule has 0 atom stereocenters. The molecule has 0 saturated carbocycles. The van der Waals surface area contributed by atoms with Crippen molar-refractivity contribution in [3.63, 3.8) is 0 Å². The third-order valence-corrected chi connectivity index (χ3v) is 4.21. The van der Waals surface area contributed by atoms with Crippen LogP contribution in [0.25, 0.3) is 0 Å². The Hall–Kier alpha value is -1.30. The zero-order valence-corrected chi connectivity index (χ0v) is 16.9. The number of benzene rings is 2. The van der Waals surface area contributed by atoms with Crippen LogP contribution in [0.4, 0.5) is 4.39 Å². The predicted octanol–water partition coefficient (Wildman–Crippen LogP) is 5.49. The van der Waals surface area contributed by atoms with Crippen LogP contribution in [0, 0.1) is 5.82 Å². The fourth-order valence-electron chi connectivity index (χ4n) is 2.29. The Morgan fingerprint density at radius 2 is 1.84 bits per heavy atom. The Morgan fingerprint density at radius 1 is 1.12 bits per heavy atom. The minimum absolute atomic E-state index is 0. The second-order valence-electron chi connectivity index (χ2n) is 5.55. The van der Waals surface area contributed by atoms with Crippen molar-refractivity contribution in [3.8, 4) is 11.5 Å². The molecule has 6 heteroatoms. The van der Waals surface area contributed by atoms with E-state index in [4.69, 9.17) is 9.47 Å². The van der Waals surface area contributed by atoms with Gasteiger partial charge in [0.2, 0.25) is 0 Å². The van der Waals surface area contributed by atoms with Gasteiger partial charge in [-0.1, -0.05) is 25.5 Å². The molecule has 0 radical (unpaired) electrons. The van der Waals surface area contributed by atoms with Crippen molar-refractivity contribution in [2.75, 3.05) is 13.7 Å². The number of unbranched alkanes of at least 4 members (excludes halogenated alkanes) is 1. The third-order valence-electron chi connectivity index (χ3n) is 3.62. The highest BCUT2D eigenvalue weighted by molar-refractivity contribution is 9.10. The number of methoxy groups -OCH3 is 1. The Labute approximate surface area is 163 Å². The maximum absolute atomic E-state index is 13.0. The summed E-state index contributed by atoms with van der Waals surface area (Å²) < 4.78 is 25.1. The van der Waals surface area contributed by atoms with Gasteiger partial charge in [0.1, 0.15) is 12.4 Å². The summed E-state index contributed by atoms with van der Waals surface area (Å²) in [7, 11) is 1.63. The lowest BCUT2D eigenvalue weighted by molar-refractivity contribution is 0.282. The molecule has 0 spiro atoms. The molecular weight excluding hydrogens is 409 g/mol. The van der Waals surface area contributed by atoms with Crippen LogP contribution in [0.3, 0.4) is 0 Å². The van der Waals surface area contributed by atoms with Gasteiger partial charge in [0, 0.05) is 6.54 Å². The Kier molecular flexibility index (Phi) is 9.86. The second kappa shape index (κ2) is 11.3. The number of hydrogen-bond acceptors (Lipinski definition) is 3. The summed E-state index contributed by atoms with van der Waals surface area (Å²) in [6.45, 7) is 4.31. The van der Waals surface area contributed by atoms with Gasteiger partial charge in [0.25, 0.3) is 0 Å². The quantitative estimate of drug-likeness (QED) is 0.532. The molecule has 0 bridgehead atoms. The molecular formula is C19H24BrClFNO2. The Morgan fingerprint density at radius 3 is 2.48 bits per heavy atom. The molecule has 0 aromatic heterocycles. The van der Waals surface area contributed by atoms with Crippen LogP contribution < -0.4 is 14.8 Å². The van der Waals surface area contributed by atoms with Crippen molar-refractivity contribution in [1.82, 2.24) is 5.32 Å². The number of rotatable bonds is 9. The number of halogens is 3. The average molecular weight is 433 g/mol. The topological polar surface area (TPSA) is 30.5 Å². The van der Waals surface area contributed by atoms with Gasteiger partial charge < -0.3 is 14.8 Å². The lowest BCUT2D eigenvalue weighted by Crippen LogP contribution is -2.14. The van der Waals surface area contributed by atoms with Gasteiger partial charge in [-0.25, -0.2) is 4.39 Å². The van der Waals surface area contributed by atoms with Crippen LogP contribution in [0.15, 0.2) is 40.9 Å². The van der Waals surface area contributed by atoms with E-state index >= 15 is 0 Å². The molecule has 0 amide bonds. The summed E-state index contributed by atoms with van der Waals surface area (Å²) in [6, 6.07) is 10.3. The molecule has 2 aromatic carbocycles. The number of ether oxygens (including phenoxy) is 2. The van der Waals surface area contributed by atoms with Gasteiger partial charge in [-0.2, -0.15) is 0 Å². The van der Waals surface area contributed by atoms with E-state index in [9.17, 15) is 4.39 Å². The Balaban J connectivity index is 0.00000312. The van der Waals surface area contributed by atoms with Crippen LogP contribution in [0.1, 0.15) is 30.9 Å². The first-order valence-corrected chi connectivity index (χ1v) is 8.87. The predicted molar refractivity (Wildman–Crippen MR) is 105 cm³/mol. The van der Waals surface area contributed by atoms with Gasteiger partial charge in [0.15, 0.2) is 11.5 Å². The van der Waals surface area contributed by atoms with E-state index in [0.29, 0.717) is 18.1 Å². The highest BCUT2D eigenvalue weighted by Crippen LogP contribution is 2.37. The SMILES string of the molecule is CCCCNCc1cc(Br)c(OCc2ccc(F)cc2)c(OC)c1.Cl. The summed E-state index contributed by atoms with van der Waals surface area (Å²) >= 11 is 3.55. The van der Waals surface area contributed by atoms with Crippen LogP contribution in [-0.2, 0) is 13.2 Å². The highest BCUT2D eigenvalue weighted by atomic mass is 79.9. The molecule has 0 saturated heterocycles. The fourth-order valence-corrected chi connectivity index (χ4v) is 2.89. The molecule has 0 aliphatic carbocycles. The van der Waals surface area contributed by atoms with Crippen LogP contribution >= 0.6 is 28.3 Å². The molecule has 2 rings (SSSR count). The monoisotopic (exact) mass is 431 g/mol. The molecule has 0 aliphatic rings. The maximum Gasteiger partial charge on any atom is 0.175 e. The van der Waals surface area contributed by atoms with E-state index in [1.54, 1.807) is 19.2 Å². The number of nitrogens with one attached hydrogen (secondary N) is 1. The number of hydrogen-bond donors (Lipinski definition) is 1.